The largest absolute Gasteiger partial charge is 0.325 e. The molecule has 1 N–H and O–H groups in total. The number of halogens is 3. The maximum Gasteiger partial charge on any atom is 0.243 e. The molecule has 9 heteroatoms. The Labute approximate surface area is 200 Å². The van der Waals surface area contributed by atoms with Crippen LogP contribution >= 0.6 is 39.1 Å². The number of rotatable bonds is 8. The van der Waals surface area contributed by atoms with E-state index >= 15 is 0 Å². The summed E-state index contributed by atoms with van der Waals surface area (Å²) in [5.41, 5.74) is 1.37. The molecule has 3 aromatic rings. The fraction of sp³-hybridized carbons (Fsp3) is 0.136. The van der Waals surface area contributed by atoms with Gasteiger partial charge in [0.15, 0.2) is 0 Å². The molecule has 1 amide bonds. The van der Waals surface area contributed by atoms with Gasteiger partial charge in [0.1, 0.15) is 0 Å². The Morgan fingerprint density at radius 2 is 1.55 bits per heavy atom. The highest BCUT2D eigenvalue weighted by atomic mass is 79.9. The summed E-state index contributed by atoms with van der Waals surface area (Å²) in [5.74, 6) is -0.493. The summed E-state index contributed by atoms with van der Waals surface area (Å²) >= 11 is 15.3. The quantitative estimate of drug-likeness (QED) is 0.402. The zero-order chi connectivity index (χ0) is 22.4. The average Bonchev–Trinajstić information content (AvgIpc) is 2.71. The number of nitrogens with one attached hydrogen (secondary N) is 1. The summed E-state index contributed by atoms with van der Waals surface area (Å²) in [5, 5.41) is 3.40. The van der Waals surface area contributed by atoms with Crippen LogP contribution in [-0.4, -0.2) is 31.7 Å². The molecule has 0 unspecified atom stereocenters. The number of amides is 1. The number of benzene rings is 3. The molecule has 0 saturated heterocycles. The van der Waals surface area contributed by atoms with Crippen LogP contribution < -0.4 is 5.32 Å². The Bertz CT molecular complexity index is 1140. The first-order valence-corrected chi connectivity index (χ1v) is 12.3. The third kappa shape index (κ3) is 6.79. The lowest BCUT2D eigenvalue weighted by Crippen LogP contribution is -2.39. The fourth-order valence-electron chi connectivity index (χ4n) is 2.93. The van der Waals surface area contributed by atoms with Crippen molar-refractivity contribution >= 4 is 60.7 Å². The second-order valence-electron chi connectivity index (χ2n) is 6.73. The van der Waals surface area contributed by atoms with Crippen molar-refractivity contribution in [2.75, 3.05) is 18.4 Å². The summed E-state index contributed by atoms with van der Waals surface area (Å²) < 4.78 is 28.4. The van der Waals surface area contributed by atoms with Crippen LogP contribution in [0.4, 0.5) is 5.69 Å². The van der Waals surface area contributed by atoms with Gasteiger partial charge in [-0.25, -0.2) is 8.42 Å². The minimum atomic E-state index is -3.89. The van der Waals surface area contributed by atoms with Gasteiger partial charge in [-0.05, 0) is 54.4 Å². The monoisotopic (exact) mass is 540 g/mol. The summed E-state index contributed by atoms with van der Waals surface area (Å²) in [4.78, 5) is 12.8. The van der Waals surface area contributed by atoms with E-state index in [0.29, 0.717) is 22.2 Å². The molecule has 0 radical (unpaired) electrons. The maximum atomic E-state index is 13.2. The molecule has 31 heavy (non-hydrogen) atoms. The van der Waals surface area contributed by atoms with Crippen LogP contribution in [0, 0.1) is 0 Å². The van der Waals surface area contributed by atoms with Crippen LogP contribution in [0.1, 0.15) is 5.56 Å². The second kappa shape index (κ2) is 10.6. The van der Waals surface area contributed by atoms with Crippen LogP contribution in [0.2, 0.25) is 10.0 Å². The molecule has 0 aliphatic carbocycles. The molecular weight excluding hydrogens is 523 g/mol. The van der Waals surface area contributed by atoms with Crippen molar-refractivity contribution in [3.05, 3.63) is 92.9 Å². The second-order valence-corrected chi connectivity index (χ2v) is 10.5. The van der Waals surface area contributed by atoms with Crippen molar-refractivity contribution in [2.45, 2.75) is 11.3 Å². The first-order valence-electron chi connectivity index (χ1n) is 9.29. The van der Waals surface area contributed by atoms with Gasteiger partial charge in [0.2, 0.25) is 15.9 Å². The fourth-order valence-corrected chi connectivity index (χ4v) is 5.11. The zero-order valence-corrected chi connectivity index (χ0v) is 20.2. The minimum absolute atomic E-state index is 0.113. The van der Waals surface area contributed by atoms with Crippen molar-refractivity contribution in [3.8, 4) is 0 Å². The molecule has 0 heterocycles. The molecule has 0 aliphatic rings. The van der Waals surface area contributed by atoms with Crippen molar-refractivity contribution in [1.82, 2.24) is 4.31 Å². The summed E-state index contributed by atoms with van der Waals surface area (Å²) in [6, 6.07) is 20.4. The van der Waals surface area contributed by atoms with Crippen molar-refractivity contribution < 1.29 is 13.2 Å². The highest BCUT2D eigenvalue weighted by Crippen LogP contribution is 2.23. The van der Waals surface area contributed by atoms with Gasteiger partial charge in [-0.3, -0.25) is 4.79 Å². The van der Waals surface area contributed by atoms with E-state index in [4.69, 9.17) is 23.2 Å². The molecule has 0 saturated carbocycles. The number of hydrogen-bond acceptors (Lipinski definition) is 3. The Balaban J connectivity index is 1.82. The summed E-state index contributed by atoms with van der Waals surface area (Å²) in [6.45, 7) is -0.207. The van der Waals surface area contributed by atoms with Gasteiger partial charge < -0.3 is 5.32 Å². The number of sulfonamides is 1. The number of hydrogen-bond donors (Lipinski definition) is 1. The smallest absolute Gasteiger partial charge is 0.243 e. The van der Waals surface area contributed by atoms with E-state index in [1.54, 1.807) is 30.3 Å². The van der Waals surface area contributed by atoms with Gasteiger partial charge >= 0.3 is 0 Å². The number of anilines is 1. The normalized spacial score (nSPS) is 11.5. The predicted octanol–water partition coefficient (Wildman–Crippen LogP) is 5.63. The Morgan fingerprint density at radius 3 is 2.16 bits per heavy atom. The number of carbonyl (C=O) groups excluding carboxylic acids is 1. The predicted molar refractivity (Wildman–Crippen MR) is 128 cm³/mol. The van der Waals surface area contributed by atoms with E-state index in [2.05, 4.69) is 21.2 Å². The van der Waals surface area contributed by atoms with Gasteiger partial charge in [0, 0.05) is 26.8 Å². The van der Waals surface area contributed by atoms with Crippen LogP contribution in [0.25, 0.3) is 0 Å². The van der Waals surface area contributed by atoms with Crippen molar-refractivity contribution in [1.29, 1.82) is 0 Å². The third-order valence-corrected chi connectivity index (χ3v) is 7.23. The lowest BCUT2D eigenvalue weighted by molar-refractivity contribution is -0.116. The van der Waals surface area contributed by atoms with Crippen molar-refractivity contribution in [2.24, 2.45) is 0 Å². The Morgan fingerprint density at radius 1 is 0.935 bits per heavy atom. The molecule has 3 aromatic carbocycles. The van der Waals surface area contributed by atoms with Crippen LogP contribution in [0.15, 0.2) is 82.2 Å². The van der Waals surface area contributed by atoms with E-state index in [0.717, 1.165) is 10.0 Å². The van der Waals surface area contributed by atoms with Crippen molar-refractivity contribution in [3.63, 3.8) is 0 Å². The lowest BCUT2D eigenvalue weighted by atomic mass is 10.1. The van der Waals surface area contributed by atoms with Gasteiger partial charge in [0.25, 0.3) is 0 Å². The molecule has 3 rings (SSSR count). The molecule has 0 spiro atoms. The van der Waals surface area contributed by atoms with E-state index in [1.807, 2.05) is 30.3 Å². The van der Waals surface area contributed by atoms with Gasteiger partial charge in [-0.2, -0.15) is 4.31 Å². The number of carbonyl (C=O) groups is 1. The van der Waals surface area contributed by atoms with Crippen LogP contribution in [0.5, 0.6) is 0 Å². The molecular formula is C22H19BrCl2N2O3S. The first-order chi connectivity index (χ1) is 14.7. The van der Waals surface area contributed by atoms with E-state index in [-0.39, 0.29) is 18.0 Å². The molecule has 0 fully saturated rings. The summed E-state index contributed by atoms with van der Waals surface area (Å²) in [7, 11) is -3.89. The SMILES string of the molecule is O=C(CN(CCc1ccccc1)S(=O)(=O)c1ccc(Br)cc1)Nc1cc(Cl)cc(Cl)c1. The molecule has 5 nitrogen and oxygen atoms in total. The maximum absolute atomic E-state index is 13.2. The molecule has 162 valence electrons. The molecule has 0 atom stereocenters. The highest BCUT2D eigenvalue weighted by molar-refractivity contribution is 9.10. The van der Waals surface area contributed by atoms with Gasteiger partial charge in [-0.1, -0.05) is 69.5 Å². The van der Waals surface area contributed by atoms with Gasteiger partial charge in [0.05, 0.1) is 11.4 Å². The highest BCUT2D eigenvalue weighted by Gasteiger charge is 2.26. The van der Waals surface area contributed by atoms with E-state index in [9.17, 15) is 13.2 Å². The molecule has 0 bridgehead atoms. The van der Waals surface area contributed by atoms with Gasteiger partial charge in [-0.15, -0.1) is 0 Å². The molecule has 0 aliphatic heterocycles. The third-order valence-electron chi connectivity index (χ3n) is 4.41. The Hall–Kier alpha value is -1.90. The first kappa shape index (κ1) is 23.8. The average molecular weight is 542 g/mol. The summed E-state index contributed by atoms with van der Waals surface area (Å²) in [6.07, 6.45) is 0.465. The number of nitrogens with zero attached hydrogens (tertiary/aromatic N) is 1. The zero-order valence-electron chi connectivity index (χ0n) is 16.3. The van der Waals surface area contributed by atoms with E-state index in [1.165, 1.54) is 16.4 Å². The Kier molecular flexibility index (Phi) is 8.13. The molecule has 0 aromatic heterocycles. The minimum Gasteiger partial charge on any atom is -0.325 e. The lowest BCUT2D eigenvalue weighted by Gasteiger charge is -2.22. The van der Waals surface area contributed by atoms with Crippen LogP contribution in [-0.2, 0) is 21.2 Å². The van der Waals surface area contributed by atoms with Crippen LogP contribution in [0.3, 0.4) is 0 Å². The standard InChI is InChI=1S/C22H19BrCl2N2O3S/c23-17-6-8-21(9-7-17)31(29,30)27(11-10-16-4-2-1-3-5-16)15-22(28)26-20-13-18(24)12-19(25)14-20/h1-9,12-14H,10-11,15H2,(H,26,28). The van der Waals surface area contributed by atoms with E-state index < -0.39 is 15.9 Å². The topological polar surface area (TPSA) is 66.5 Å².